The molecule has 0 spiro atoms. The average molecular weight is 482 g/mol. The summed E-state index contributed by atoms with van der Waals surface area (Å²) in [7, 11) is -3.54. The number of carbonyl (C=O) groups is 1. The summed E-state index contributed by atoms with van der Waals surface area (Å²) in [6.07, 6.45) is 1.32. The fourth-order valence-corrected chi connectivity index (χ4v) is 4.14. The van der Waals surface area contributed by atoms with E-state index < -0.39 is 14.8 Å². The van der Waals surface area contributed by atoms with Gasteiger partial charge in [0.2, 0.25) is 5.91 Å². The molecule has 0 N–H and O–H groups in total. The molecule has 1 saturated heterocycles. The minimum Gasteiger partial charge on any atom is -0.362 e. The average Bonchev–Trinajstić information content (AvgIpc) is 2.68. The third-order valence-corrected chi connectivity index (χ3v) is 6.45. The minimum atomic E-state index is -3.54. The van der Waals surface area contributed by atoms with Crippen LogP contribution in [0.25, 0.3) is 0 Å². The number of nitro groups is 1. The highest BCUT2D eigenvalue weighted by Crippen LogP contribution is 2.31. The molecule has 29 heavy (non-hydrogen) atoms. The van der Waals surface area contributed by atoms with Crippen molar-refractivity contribution in [1.29, 1.82) is 0 Å². The molecule has 0 aromatic heterocycles. The van der Waals surface area contributed by atoms with E-state index in [1.54, 1.807) is 4.90 Å². The van der Waals surface area contributed by atoms with E-state index in [4.69, 9.17) is 0 Å². The van der Waals surface area contributed by atoms with Crippen molar-refractivity contribution in [2.45, 2.75) is 11.3 Å². The fourth-order valence-electron chi connectivity index (χ4n) is 3.23. The maximum atomic E-state index is 12.5. The number of hydrogen-bond donors (Lipinski definition) is 0. The lowest BCUT2D eigenvalue weighted by molar-refractivity contribution is -0.384. The largest absolute Gasteiger partial charge is 0.362 e. The van der Waals surface area contributed by atoms with E-state index in [9.17, 15) is 23.3 Å². The van der Waals surface area contributed by atoms with Gasteiger partial charge in [-0.15, -0.1) is 0 Å². The smallest absolute Gasteiger partial charge is 0.293 e. The summed E-state index contributed by atoms with van der Waals surface area (Å²) in [5, 5.41) is 11.5. The number of amides is 1. The van der Waals surface area contributed by atoms with Crippen molar-refractivity contribution in [3.8, 4) is 0 Å². The third-order valence-electron chi connectivity index (χ3n) is 4.81. The van der Waals surface area contributed by atoms with Crippen LogP contribution < -0.4 is 4.90 Å². The Labute approximate surface area is 177 Å². The summed E-state index contributed by atoms with van der Waals surface area (Å²) in [5.74, 6) is 0.00824. The quantitative estimate of drug-likeness (QED) is 0.480. The van der Waals surface area contributed by atoms with Crippen molar-refractivity contribution in [2.24, 2.45) is 0 Å². The van der Waals surface area contributed by atoms with Crippen molar-refractivity contribution >= 4 is 43.0 Å². The third kappa shape index (κ3) is 5.13. The maximum Gasteiger partial charge on any atom is 0.293 e. The number of rotatable bonds is 5. The number of nitrogens with zero attached hydrogens (tertiary/aromatic N) is 3. The van der Waals surface area contributed by atoms with Crippen LogP contribution in [0.4, 0.5) is 11.4 Å². The monoisotopic (exact) mass is 481 g/mol. The molecular weight excluding hydrogens is 462 g/mol. The molecule has 0 aliphatic carbocycles. The van der Waals surface area contributed by atoms with Gasteiger partial charge in [-0.3, -0.25) is 14.9 Å². The molecule has 1 amide bonds. The second-order valence-electron chi connectivity index (χ2n) is 6.85. The van der Waals surface area contributed by atoms with Crippen LogP contribution in [0.15, 0.2) is 51.8 Å². The van der Waals surface area contributed by atoms with Crippen molar-refractivity contribution in [3.05, 3.63) is 62.6 Å². The Morgan fingerprint density at radius 2 is 1.72 bits per heavy atom. The molecule has 2 aromatic rings. The van der Waals surface area contributed by atoms with Gasteiger partial charge in [0.05, 0.1) is 16.2 Å². The Morgan fingerprint density at radius 1 is 1.10 bits per heavy atom. The molecule has 8 nitrogen and oxygen atoms in total. The molecule has 1 fully saturated rings. The van der Waals surface area contributed by atoms with Crippen molar-refractivity contribution in [2.75, 3.05) is 37.3 Å². The van der Waals surface area contributed by atoms with E-state index in [1.165, 1.54) is 12.1 Å². The molecule has 0 atom stereocenters. The molecule has 3 rings (SSSR count). The number of nitro benzene ring substituents is 1. The summed E-state index contributed by atoms with van der Waals surface area (Å²) < 4.78 is 24.3. The Balaban J connectivity index is 1.69. The van der Waals surface area contributed by atoms with Crippen LogP contribution in [0.5, 0.6) is 0 Å². The van der Waals surface area contributed by atoms with Gasteiger partial charge in [0.15, 0.2) is 9.84 Å². The predicted octanol–water partition coefficient (Wildman–Crippen LogP) is 2.65. The van der Waals surface area contributed by atoms with Gasteiger partial charge < -0.3 is 9.80 Å². The van der Waals surface area contributed by atoms with Crippen LogP contribution >= 0.6 is 15.9 Å². The molecule has 1 aliphatic heterocycles. The molecule has 0 radical (unpaired) electrons. The summed E-state index contributed by atoms with van der Waals surface area (Å²) >= 11 is 3.37. The normalized spacial score (nSPS) is 14.7. The molecule has 10 heteroatoms. The number of benzene rings is 2. The van der Waals surface area contributed by atoms with Gasteiger partial charge in [-0.2, -0.15) is 0 Å². The molecule has 1 heterocycles. The summed E-state index contributed by atoms with van der Waals surface area (Å²) in [5.41, 5.74) is 1.04. The highest BCUT2D eigenvalue weighted by atomic mass is 79.9. The predicted molar refractivity (Wildman–Crippen MR) is 113 cm³/mol. The molecule has 2 aromatic carbocycles. The van der Waals surface area contributed by atoms with Crippen molar-refractivity contribution < 1.29 is 18.1 Å². The van der Waals surface area contributed by atoms with E-state index >= 15 is 0 Å². The van der Waals surface area contributed by atoms with Crippen molar-refractivity contribution in [3.63, 3.8) is 0 Å². The first-order valence-corrected chi connectivity index (χ1v) is 11.6. The Kier molecular flexibility index (Phi) is 6.23. The van der Waals surface area contributed by atoms with Gasteiger partial charge in [-0.05, 0) is 29.8 Å². The maximum absolute atomic E-state index is 12.5. The van der Waals surface area contributed by atoms with Gasteiger partial charge in [-0.25, -0.2) is 8.42 Å². The minimum absolute atomic E-state index is 0.00824. The first-order chi connectivity index (χ1) is 13.6. The zero-order valence-electron chi connectivity index (χ0n) is 15.7. The number of halogens is 1. The van der Waals surface area contributed by atoms with Crippen LogP contribution in [0.2, 0.25) is 0 Å². The first-order valence-electron chi connectivity index (χ1n) is 8.91. The van der Waals surface area contributed by atoms with E-state index in [1.807, 2.05) is 29.2 Å². The second-order valence-corrected chi connectivity index (χ2v) is 9.78. The van der Waals surface area contributed by atoms with E-state index in [0.717, 1.165) is 22.4 Å². The lowest BCUT2D eigenvalue weighted by Crippen LogP contribution is -2.49. The Morgan fingerprint density at radius 3 is 2.28 bits per heavy atom. The summed E-state index contributed by atoms with van der Waals surface area (Å²) in [6, 6.07) is 11.5. The number of hydrogen-bond acceptors (Lipinski definition) is 6. The van der Waals surface area contributed by atoms with E-state index in [2.05, 4.69) is 15.9 Å². The molecular formula is C19H20BrN3O5S. The van der Waals surface area contributed by atoms with Crippen LogP contribution in [0.1, 0.15) is 5.56 Å². The Hall–Kier alpha value is -2.46. The highest BCUT2D eigenvalue weighted by molar-refractivity contribution is 9.10. The van der Waals surface area contributed by atoms with Gasteiger partial charge in [0.25, 0.3) is 5.69 Å². The number of carbonyl (C=O) groups excluding carboxylic acids is 1. The second kappa shape index (κ2) is 8.50. The van der Waals surface area contributed by atoms with E-state index in [0.29, 0.717) is 38.3 Å². The van der Waals surface area contributed by atoms with Crippen LogP contribution in [0.3, 0.4) is 0 Å². The standard InChI is InChI=1S/C19H20BrN3O5S/c1-29(27,28)16-6-7-17(18(13-16)23(25)26)21-8-10-22(11-9-21)19(24)12-14-2-4-15(20)5-3-14/h2-7,13H,8-12H2,1H3. The highest BCUT2D eigenvalue weighted by Gasteiger charge is 2.27. The lowest BCUT2D eigenvalue weighted by Gasteiger charge is -2.36. The number of sulfone groups is 1. The van der Waals surface area contributed by atoms with E-state index in [-0.39, 0.29) is 16.5 Å². The Bertz CT molecular complexity index is 1030. The summed E-state index contributed by atoms with van der Waals surface area (Å²) in [6.45, 7) is 1.76. The molecule has 0 saturated carbocycles. The molecule has 0 bridgehead atoms. The first kappa shape index (κ1) is 21.3. The van der Waals surface area contributed by atoms with Crippen LogP contribution in [0, 0.1) is 10.1 Å². The number of anilines is 1. The van der Waals surface area contributed by atoms with Crippen molar-refractivity contribution in [1.82, 2.24) is 4.90 Å². The number of piperazine rings is 1. The van der Waals surface area contributed by atoms with Gasteiger partial charge in [0.1, 0.15) is 5.69 Å². The van der Waals surface area contributed by atoms with Crippen LogP contribution in [-0.4, -0.2) is 56.6 Å². The molecule has 154 valence electrons. The SMILES string of the molecule is CS(=O)(=O)c1ccc(N2CCN(C(=O)Cc3ccc(Br)cc3)CC2)c([N+](=O)[O-])c1. The van der Waals surface area contributed by atoms with Gasteiger partial charge in [0, 0.05) is 43.0 Å². The lowest BCUT2D eigenvalue weighted by atomic mass is 10.1. The van der Waals surface area contributed by atoms with Gasteiger partial charge in [-0.1, -0.05) is 28.1 Å². The fraction of sp³-hybridized carbons (Fsp3) is 0.316. The zero-order chi connectivity index (χ0) is 21.2. The molecule has 0 unspecified atom stereocenters. The van der Waals surface area contributed by atoms with Gasteiger partial charge >= 0.3 is 0 Å². The molecule has 1 aliphatic rings. The topological polar surface area (TPSA) is 101 Å². The zero-order valence-corrected chi connectivity index (χ0v) is 18.1. The summed E-state index contributed by atoms with van der Waals surface area (Å²) in [4.78, 5) is 26.9. The van der Waals surface area contributed by atoms with Crippen LogP contribution in [-0.2, 0) is 21.1 Å².